The van der Waals surface area contributed by atoms with Gasteiger partial charge in [-0.1, -0.05) is 54.6 Å². The second kappa shape index (κ2) is 9.07. The number of aryl methyl sites for hydroxylation is 1. The highest BCUT2D eigenvalue weighted by molar-refractivity contribution is 5.88. The lowest BCUT2D eigenvalue weighted by atomic mass is 9.71. The van der Waals surface area contributed by atoms with Gasteiger partial charge < -0.3 is 19.0 Å². The summed E-state index contributed by atoms with van der Waals surface area (Å²) in [6, 6.07) is 18.5. The monoisotopic (exact) mass is 498 g/mol. The Hall–Kier alpha value is -4.13. The Morgan fingerprint density at radius 2 is 1.65 bits per heavy atom. The minimum atomic E-state index is -0.585. The molecule has 1 fully saturated rings. The highest BCUT2D eigenvalue weighted by atomic mass is 16.6. The van der Waals surface area contributed by atoms with E-state index in [1.54, 1.807) is 19.3 Å². The number of nitrogens with one attached hydrogen (secondary N) is 1. The van der Waals surface area contributed by atoms with Crippen molar-refractivity contribution in [3.63, 3.8) is 0 Å². The molecule has 0 unspecified atom stereocenters. The molecule has 37 heavy (non-hydrogen) atoms. The lowest BCUT2D eigenvalue weighted by Crippen LogP contribution is -2.52. The minimum absolute atomic E-state index is 0.0317. The summed E-state index contributed by atoms with van der Waals surface area (Å²) >= 11 is 0. The van der Waals surface area contributed by atoms with Gasteiger partial charge in [0.1, 0.15) is 11.4 Å². The van der Waals surface area contributed by atoms with E-state index in [4.69, 9.17) is 9.15 Å². The van der Waals surface area contributed by atoms with Crippen LogP contribution in [0.3, 0.4) is 0 Å². The fraction of sp³-hybridized carbons (Fsp3) is 0.300. The summed E-state index contributed by atoms with van der Waals surface area (Å²) in [6.07, 6.45) is 3.74. The van der Waals surface area contributed by atoms with Crippen LogP contribution in [0, 0.1) is 0 Å². The van der Waals surface area contributed by atoms with Crippen molar-refractivity contribution in [2.45, 2.75) is 51.2 Å². The van der Waals surface area contributed by atoms with E-state index in [-0.39, 0.29) is 22.0 Å². The molecule has 0 radical (unpaired) electrons. The molecule has 2 heterocycles. The van der Waals surface area contributed by atoms with Gasteiger partial charge in [-0.3, -0.25) is 9.59 Å². The highest BCUT2D eigenvalue weighted by Crippen LogP contribution is 2.42. The third-order valence-corrected chi connectivity index (χ3v) is 6.84. The molecule has 0 spiro atoms. The number of ether oxygens (including phenoxy) is 1. The molecule has 1 amide bonds. The van der Waals surface area contributed by atoms with Crippen LogP contribution in [0.5, 0.6) is 0 Å². The van der Waals surface area contributed by atoms with Crippen molar-refractivity contribution in [2.75, 3.05) is 0 Å². The molecular weight excluding hydrogens is 468 g/mol. The van der Waals surface area contributed by atoms with Crippen LogP contribution in [0.25, 0.3) is 33.4 Å². The van der Waals surface area contributed by atoms with Crippen LogP contribution in [-0.2, 0) is 17.3 Å². The molecule has 7 heteroatoms. The van der Waals surface area contributed by atoms with Gasteiger partial charge in [0, 0.05) is 18.8 Å². The Labute approximate surface area is 214 Å². The Morgan fingerprint density at radius 1 is 0.973 bits per heavy atom. The molecule has 1 N–H and O–H groups in total. The molecular formula is C30H30N2O5. The van der Waals surface area contributed by atoms with Crippen LogP contribution in [0.15, 0.2) is 80.9 Å². The molecule has 2 aromatic carbocycles. The van der Waals surface area contributed by atoms with Crippen molar-refractivity contribution in [1.29, 1.82) is 0 Å². The van der Waals surface area contributed by atoms with Crippen LogP contribution < -0.4 is 16.3 Å². The van der Waals surface area contributed by atoms with Gasteiger partial charge in [0.05, 0.1) is 16.5 Å². The van der Waals surface area contributed by atoms with Crippen LogP contribution in [0.4, 0.5) is 4.79 Å². The maximum atomic E-state index is 13.7. The summed E-state index contributed by atoms with van der Waals surface area (Å²) in [6.45, 7) is 5.51. The zero-order valence-electron chi connectivity index (χ0n) is 21.5. The molecule has 0 aliphatic heterocycles. The fourth-order valence-electron chi connectivity index (χ4n) is 4.80. The number of alkyl carbamates (subject to hydrolysis) is 1. The largest absolute Gasteiger partial charge is 0.449 e. The average Bonchev–Trinajstić information content (AvgIpc) is 2.83. The van der Waals surface area contributed by atoms with Crippen molar-refractivity contribution >= 4 is 17.1 Å². The van der Waals surface area contributed by atoms with E-state index in [1.807, 2.05) is 75.4 Å². The third kappa shape index (κ3) is 4.57. The van der Waals surface area contributed by atoms with Crippen LogP contribution in [0.2, 0.25) is 0 Å². The molecule has 190 valence electrons. The summed E-state index contributed by atoms with van der Waals surface area (Å²) in [5.74, 6) is 0.347. The first-order valence-corrected chi connectivity index (χ1v) is 12.4. The smallest absolute Gasteiger partial charge is 0.408 e. The van der Waals surface area contributed by atoms with Gasteiger partial charge in [-0.2, -0.15) is 0 Å². The predicted octanol–water partition coefficient (Wildman–Crippen LogP) is 5.73. The zero-order chi connectivity index (χ0) is 26.4. The Balaban J connectivity index is 1.60. The summed E-state index contributed by atoms with van der Waals surface area (Å²) < 4.78 is 13.0. The van der Waals surface area contributed by atoms with E-state index in [0.717, 1.165) is 24.8 Å². The number of fused-ring (bicyclic) bond motifs is 1. The lowest BCUT2D eigenvalue weighted by molar-refractivity contribution is 0.0377. The standard InChI is InChI=1S/C30H30N2O5/c1-29(2,3)37-28(35)31-30(16-8-17-30)21-13-11-19(12-14-21)23-24(33)22-15-18-32(4)27(34)26(22)36-25(23)20-9-6-5-7-10-20/h5-7,9-15,18H,8,16-17H2,1-4H3,(H,31,35). The number of carbonyl (C=O) groups is 1. The second-order valence-corrected chi connectivity index (χ2v) is 10.6. The fourth-order valence-corrected chi connectivity index (χ4v) is 4.80. The number of rotatable bonds is 4. The summed E-state index contributed by atoms with van der Waals surface area (Å²) in [4.78, 5) is 39.0. The van der Waals surface area contributed by atoms with Crippen LogP contribution in [0.1, 0.15) is 45.6 Å². The van der Waals surface area contributed by atoms with Crippen molar-refractivity contribution in [3.05, 3.63) is 93.0 Å². The van der Waals surface area contributed by atoms with Crippen molar-refractivity contribution in [2.24, 2.45) is 7.05 Å². The number of aromatic nitrogens is 1. The Bertz CT molecular complexity index is 1590. The molecule has 2 aromatic heterocycles. The number of nitrogens with zero attached hydrogens (tertiary/aromatic N) is 1. The molecule has 4 aromatic rings. The van der Waals surface area contributed by atoms with Gasteiger partial charge in [0.15, 0.2) is 0 Å². The van der Waals surface area contributed by atoms with E-state index in [1.165, 1.54) is 4.57 Å². The maximum Gasteiger partial charge on any atom is 0.408 e. The average molecular weight is 499 g/mol. The lowest BCUT2D eigenvalue weighted by Gasteiger charge is -2.43. The van der Waals surface area contributed by atoms with E-state index >= 15 is 0 Å². The molecule has 0 atom stereocenters. The molecule has 0 saturated heterocycles. The van der Waals surface area contributed by atoms with E-state index in [2.05, 4.69) is 5.32 Å². The third-order valence-electron chi connectivity index (χ3n) is 6.84. The number of hydrogen-bond acceptors (Lipinski definition) is 5. The van der Waals surface area contributed by atoms with Crippen molar-refractivity contribution in [3.8, 4) is 22.5 Å². The van der Waals surface area contributed by atoms with Crippen molar-refractivity contribution < 1.29 is 13.9 Å². The van der Waals surface area contributed by atoms with E-state index in [0.29, 0.717) is 22.5 Å². The number of hydrogen-bond donors (Lipinski definition) is 1. The first kappa shape index (κ1) is 24.6. The normalized spacial score (nSPS) is 14.7. The first-order valence-electron chi connectivity index (χ1n) is 12.4. The van der Waals surface area contributed by atoms with Gasteiger partial charge in [0.25, 0.3) is 5.56 Å². The Morgan fingerprint density at radius 3 is 2.24 bits per heavy atom. The van der Waals surface area contributed by atoms with Gasteiger partial charge >= 0.3 is 6.09 Å². The Kier molecular flexibility index (Phi) is 6.02. The van der Waals surface area contributed by atoms with Crippen molar-refractivity contribution in [1.82, 2.24) is 9.88 Å². The van der Waals surface area contributed by atoms with Gasteiger partial charge in [-0.05, 0) is 57.2 Å². The predicted molar refractivity (Wildman–Crippen MR) is 143 cm³/mol. The van der Waals surface area contributed by atoms with Crippen LogP contribution >= 0.6 is 0 Å². The second-order valence-electron chi connectivity index (χ2n) is 10.6. The molecule has 5 rings (SSSR count). The number of benzene rings is 2. The SMILES string of the molecule is Cn1ccc2c(=O)c(-c3ccc(C4(NC(=O)OC(C)(C)C)CCC4)cc3)c(-c3ccccc3)oc2c1=O. The summed E-state index contributed by atoms with van der Waals surface area (Å²) in [5.41, 5.74) is 1.03. The van der Waals surface area contributed by atoms with E-state index in [9.17, 15) is 14.4 Å². The quantitative estimate of drug-likeness (QED) is 0.388. The summed E-state index contributed by atoms with van der Waals surface area (Å²) in [5, 5.41) is 3.31. The number of carbonyl (C=O) groups excluding carboxylic acids is 1. The summed E-state index contributed by atoms with van der Waals surface area (Å²) in [7, 11) is 1.62. The van der Waals surface area contributed by atoms with Gasteiger partial charge in [-0.15, -0.1) is 0 Å². The topological polar surface area (TPSA) is 90.5 Å². The molecule has 1 aliphatic carbocycles. The minimum Gasteiger partial charge on any atom is -0.449 e. The first-order chi connectivity index (χ1) is 17.6. The molecule has 7 nitrogen and oxygen atoms in total. The van der Waals surface area contributed by atoms with E-state index < -0.39 is 17.2 Å². The van der Waals surface area contributed by atoms with Crippen LogP contribution in [-0.4, -0.2) is 16.3 Å². The maximum absolute atomic E-state index is 13.7. The zero-order valence-corrected chi connectivity index (χ0v) is 21.5. The molecule has 0 bridgehead atoms. The molecule has 1 saturated carbocycles. The number of pyridine rings is 1. The highest BCUT2D eigenvalue weighted by Gasteiger charge is 2.41. The van der Waals surface area contributed by atoms with Gasteiger partial charge in [-0.25, -0.2) is 4.79 Å². The van der Waals surface area contributed by atoms with Gasteiger partial charge in [0.2, 0.25) is 11.0 Å². The molecule has 1 aliphatic rings. The number of amides is 1.